The van der Waals surface area contributed by atoms with Crippen molar-refractivity contribution in [1.29, 1.82) is 0 Å². The van der Waals surface area contributed by atoms with E-state index in [9.17, 15) is 9.59 Å². The van der Waals surface area contributed by atoms with Gasteiger partial charge in [-0.15, -0.1) is 11.3 Å². The van der Waals surface area contributed by atoms with Gasteiger partial charge in [0, 0.05) is 0 Å². The van der Waals surface area contributed by atoms with Gasteiger partial charge in [-0.05, 0) is 55.7 Å². The second-order valence-corrected chi connectivity index (χ2v) is 6.25. The van der Waals surface area contributed by atoms with Crippen molar-refractivity contribution < 1.29 is 19.1 Å². The van der Waals surface area contributed by atoms with Gasteiger partial charge in [-0.25, -0.2) is 4.79 Å². The van der Waals surface area contributed by atoms with Crippen LogP contribution in [0, 0.1) is 20.8 Å². The number of aryl methyl sites for hydroxylation is 3. The number of hydrogen-bond acceptors (Lipinski definition) is 5. The van der Waals surface area contributed by atoms with Crippen LogP contribution in [0.1, 0.15) is 26.4 Å². The van der Waals surface area contributed by atoms with Gasteiger partial charge in [0.05, 0.1) is 12.1 Å². The van der Waals surface area contributed by atoms with E-state index in [-0.39, 0.29) is 12.5 Å². The molecule has 0 aliphatic rings. The molecule has 0 saturated carbocycles. The highest BCUT2D eigenvalue weighted by Crippen LogP contribution is 2.27. The first-order valence-electron chi connectivity index (χ1n) is 7.09. The molecular formula is C17H19NO4S. The van der Waals surface area contributed by atoms with E-state index in [0.29, 0.717) is 15.6 Å². The standard InChI is InChI=1S/C17H19NO4S/c1-10-5-6-13(7-11(10)2)22-9-14(19)18-15-8-12(3)16(23-15)17(20)21-4/h5-8H,9H2,1-4H3,(H,18,19). The average molecular weight is 333 g/mol. The summed E-state index contributed by atoms with van der Waals surface area (Å²) in [7, 11) is 1.33. The van der Waals surface area contributed by atoms with Gasteiger partial charge in [-0.2, -0.15) is 0 Å². The van der Waals surface area contributed by atoms with Crippen LogP contribution in [-0.4, -0.2) is 25.6 Å². The highest BCUT2D eigenvalue weighted by molar-refractivity contribution is 7.18. The molecule has 122 valence electrons. The zero-order valence-electron chi connectivity index (χ0n) is 13.6. The monoisotopic (exact) mass is 333 g/mol. The average Bonchev–Trinajstić information content (AvgIpc) is 2.88. The Bertz CT molecular complexity index is 736. The van der Waals surface area contributed by atoms with Crippen LogP contribution in [0.25, 0.3) is 0 Å². The summed E-state index contributed by atoms with van der Waals surface area (Å²) in [6, 6.07) is 7.42. The topological polar surface area (TPSA) is 64.6 Å². The van der Waals surface area contributed by atoms with Crippen molar-refractivity contribution in [3.8, 4) is 5.75 Å². The molecule has 23 heavy (non-hydrogen) atoms. The Morgan fingerprint density at radius 2 is 1.83 bits per heavy atom. The molecule has 0 unspecified atom stereocenters. The first-order valence-corrected chi connectivity index (χ1v) is 7.91. The van der Waals surface area contributed by atoms with Crippen molar-refractivity contribution in [1.82, 2.24) is 0 Å². The number of thiophene rings is 1. The molecule has 0 atom stereocenters. The number of rotatable bonds is 5. The predicted octanol–water partition coefficient (Wildman–Crippen LogP) is 3.48. The Morgan fingerprint density at radius 1 is 1.09 bits per heavy atom. The van der Waals surface area contributed by atoms with Gasteiger partial charge < -0.3 is 14.8 Å². The normalized spacial score (nSPS) is 10.3. The zero-order chi connectivity index (χ0) is 17.0. The molecule has 0 aliphatic heterocycles. The maximum atomic E-state index is 12.0. The molecule has 0 aliphatic carbocycles. The van der Waals surface area contributed by atoms with E-state index >= 15 is 0 Å². The Hall–Kier alpha value is -2.34. The van der Waals surface area contributed by atoms with Crippen LogP contribution in [0.4, 0.5) is 5.00 Å². The summed E-state index contributed by atoms with van der Waals surface area (Å²) in [4.78, 5) is 24.0. The Kier molecular flexibility index (Phi) is 5.39. The van der Waals surface area contributed by atoms with Crippen LogP contribution >= 0.6 is 11.3 Å². The lowest BCUT2D eigenvalue weighted by Gasteiger charge is -2.08. The molecule has 1 amide bonds. The molecular weight excluding hydrogens is 314 g/mol. The Morgan fingerprint density at radius 3 is 2.48 bits per heavy atom. The SMILES string of the molecule is COC(=O)c1sc(NC(=O)COc2ccc(C)c(C)c2)cc1C. The lowest BCUT2D eigenvalue weighted by Crippen LogP contribution is -2.19. The van der Waals surface area contributed by atoms with Gasteiger partial charge >= 0.3 is 5.97 Å². The summed E-state index contributed by atoms with van der Waals surface area (Å²) >= 11 is 1.18. The highest BCUT2D eigenvalue weighted by Gasteiger charge is 2.15. The molecule has 6 heteroatoms. The van der Waals surface area contributed by atoms with E-state index < -0.39 is 5.97 Å². The molecule has 0 spiro atoms. The second kappa shape index (κ2) is 7.28. The third kappa shape index (κ3) is 4.32. The van der Waals surface area contributed by atoms with Crippen molar-refractivity contribution in [3.63, 3.8) is 0 Å². The van der Waals surface area contributed by atoms with E-state index in [1.165, 1.54) is 24.0 Å². The summed E-state index contributed by atoms with van der Waals surface area (Å²) in [6.07, 6.45) is 0. The summed E-state index contributed by atoms with van der Waals surface area (Å²) in [5, 5.41) is 3.32. The molecule has 1 aromatic heterocycles. The molecule has 0 fully saturated rings. The minimum absolute atomic E-state index is 0.0903. The maximum absolute atomic E-state index is 12.0. The minimum Gasteiger partial charge on any atom is -0.484 e. The van der Waals surface area contributed by atoms with Crippen molar-refractivity contribution in [2.75, 3.05) is 19.0 Å². The third-order valence-corrected chi connectivity index (χ3v) is 4.53. The molecule has 2 aromatic rings. The van der Waals surface area contributed by atoms with E-state index in [2.05, 4.69) is 5.32 Å². The van der Waals surface area contributed by atoms with Gasteiger partial charge in [0.25, 0.3) is 5.91 Å². The molecule has 1 heterocycles. The van der Waals surface area contributed by atoms with Crippen LogP contribution in [0.3, 0.4) is 0 Å². The number of carbonyl (C=O) groups excluding carboxylic acids is 2. The van der Waals surface area contributed by atoms with Crippen LogP contribution in [0.2, 0.25) is 0 Å². The number of carbonyl (C=O) groups is 2. The summed E-state index contributed by atoms with van der Waals surface area (Å²) in [5.41, 5.74) is 3.05. The lowest BCUT2D eigenvalue weighted by atomic mass is 10.1. The van der Waals surface area contributed by atoms with Crippen molar-refractivity contribution >= 4 is 28.2 Å². The predicted molar refractivity (Wildman–Crippen MR) is 90.4 cm³/mol. The van der Waals surface area contributed by atoms with Gasteiger partial charge in [0.15, 0.2) is 6.61 Å². The van der Waals surface area contributed by atoms with Crippen LogP contribution < -0.4 is 10.1 Å². The molecule has 0 bridgehead atoms. The van der Waals surface area contributed by atoms with Crippen molar-refractivity contribution in [2.24, 2.45) is 0 Å². The molecule has 1 N–H and O–H groups in total. The minimum atomic E-state index is -0.403. The molecule has 2 rings (SSSR count). The Labute approximate surface area is 139 Å². The second-order valence-electron chi connectivity index (χ2n) is 5.20. The number of anilines is 1. The van der Waals surface area contributed by atoms with Crippen molar-refractivity contribution in [2.45, 2.75) is 20.8 Å². The smallest absolute Gasteiger partial charge is 0.348 e. The number of methoxy groups -OCH3 is 1. The van der Waals surface area contributed by atoms with Crippen LogP contribution in [-0.2, 0) is 9.53 Å². The fourth-order valence-electron chi connectivity index (χ4n) is 1.97. The van der Waals surface area contributed by atoms with Crippen LogP contribution in [0.15, 0.2) is 24.3 Å². The lowest BCUT2D eigenvalue weighted by molar-refractivity contribution is -0.118. The highest BCUT2D eigenvalue weighted by atomic mass is 32.1. The Balaban J connectivity index is 1.94. The number of ether oxygens (including phenoxy) is 2. The molecule has 0 radical (unpaired) electrons. The van der Waals surface area contributed by atoms with Crippen molar-refractivity contribution in [3.05, 3.63) is 45.8 Å². The largest absolute Gasteiger partial charge is 0.484 e. The van der Waals surface area contributed by atoms with E-state index in [1.807, 2.05) is 32.0 Å². The maximum Gasteiger partial charge on any atom is 0.348 e. The number of benzene rings is 1. The number of nitrogens with one attached hydrogen (secondary N) is 1. The number of esters is 1. The fraction of sp³-hybridized carbons (Fsp3) is 0.294. The van der Waals surface area contributed by atoms with E-state index in [0.717, 1.165) is 11.1 Å². The summed E-state index contributed by atoms with van der Waals surface area (Å²) in [5.74, 6) is -0.0267. The third-order valence-electron chi connectivity index (χ3n) is 3.40. The first kappa shape index (κ1) is 17.0. The van der Waals surface area contributed by atoms with E-state index in [4.69, 9.17) is 9.47 Å². The molecule has 1 aromatic carbocycles. The first-order chi connectivity index (χ1) is 10.9. The molecule has 5 nitrogen and oxygen atoms in total. The van der Waals surface area contributed by atoms with Gasteiger partial charge in [-0.3, -0.25) is 4.79 Å². The fourth-order valence-corrected chi connectivity index (χ4v) is 2.97. The van der Waals surface area contributed by atoms with Crippen LogP contribution in [0.5, 0.6) is 5.75 Å². The summed E-state index contributed by atoms with van der Waals surface area (Å²) < 4.78 is 10.2. The van der Waals surface area contributed by atoms with Gasteiger partial charge in [0.2, 0.25) is 0 Å². The van der Waals surface area contributed by atoms with Gasteiger partial charge in [0.1, 0.15) is 10.6 Å². The number of amides is 1. The van der Waals surface area contributed by atoms with Gasteiger partial charge in [-0.1, -0.05) is 6.07 Å². The number of hydrogen-bond donors (Lipinski definition) is 1. The summed E-state index contributed by atoms with van der Waals surface area (Å²) in [6.45, 7) is 5.71. The molecule has 0 saturated heterocycles. The quantitative estimate of drug-likeness (QED) is 0.851. The zero-order valence-corrected chi connectivity index (χ0v) is 14.4. The van der Waals surface area contributed by atoms with E-state index in [1.54, 1.807) is 13.0 Å².